The van der Waals surface area contributed by atoms with Crippen LogP contribution in [0.2, 0.25) is 0 Å². The van der Waals surface area contributed by atoms with Crippen molar-refractivity contribution < 1.29 is 0 Å². The van der Waals surface area contributed by atoms with Crippen molar-refractivity contribution in [2.75, 3.05) is 12.8 Å². The molecule has 6 nitrogen and oxygen atoms in total. The summed E-state index contributed by atoms with van der Waals surface area (Å²) in [7, 11) is 2.17. The fraction of sp³-hybridized carbons (Fsp3) is 0.259. The van der Waals surface area contributed by atoms with Crippen LogP contribution in [0.25, 0.3) is 33.3 Å². The van der Waals surface area contributed by atoms with Gasteiger partial charge in [0.1, 0.15) is 11.6 Å². The average molecular weight is 439 g/mol. The lowest BCUT2D eigenvalue weighted by atomic mass is 10.0. The minimum atomic E-state index is 0.464. The van der Waals surface area contributed by atoms with E-state index in [1.165, 1.54) is 33.2 Å². The van der Waals surface area contributed by atoms with Gasteiger partial charge in [-0.05, 0) is 86.8 Å². The molecular formula is C27H30N6. The predicted octanol–water partition coefficient (Wildman–Crippen LogP) is 5.55. The van der Waals surface area contributed by atoms with Crippen LogP contribution in [-0.2, 0) is 13.1 Å². The number of nitrogens with one attached hydrogen (secondary N) is 2. The Labute approximate surface area is 193 Å². The Morgan fingerprint density at radius 1 is 0.848 bits per heavy atom. The number of benzene rings is 2. The Morgan fingerprint density at radius 2 is 1.58 bits per heavy atom. The van der Waals surface area contributed by atoms with Gasteiger partial charge in [-0.1, -0.05) is 18.2 Å². The van der Waals surface area contributed by atoms with Gasteiger partial charge in [-0.3, -0.25) is 4.90 Å². The van der Waals surface area contributed by atoms with Crippen LogP contribution < -0.4 is 5.73 Å². The fourth-order valence-electron chi connectivity index (χ4n) is 4.66. The van der Waals surface area contributed by atoms with Gasteiger partial charge in [-0.15, -0.1) is 0 Å². The van der Waals surface area contributed by atoms with E-state index in [1.807, 2.05) is 13.0 Å². The lowest BCUT2D eigenvalue weighted by Gasteiger charge is -2.18. The number of imidazole rings is 1. The third-order valence-electron chi connectivity index (χ3n) is 6.47. The molecule has 0 aliphatic rings. The van der Waals surface area contributed by atoms with E-state index >= 15 is 0 Å². The first-order chi connectivity index (χ1) is 15.8. The Balaban J connectivity index is 1.41. The Bertz CT molecular complexity index is 1470. The molecule has 0 aliphatic heterocycles. The zero-order valence-corrected chi connectivity index (χ0v) is 19.9. The first kappa shape index (κ1) is 21.2. The topological polar surface area (TPSA) is 86.6 Å². The number of H-pyrrole nitrogens is 2. The average Bonchev–Trinajstić information content (AvgIpc) is 3.33. The van der Waals surface area contributed by atoms with E-state index in [9.17, 15) is 0 Å². The summed E-state index contributed by atoms with van der Waals surface area (Å²) < 4.78 is 0. The van der Waals surface area contributed by atoms with Crippen LogP contribution in [0.4, 0.5) is 5.82 Å². The van der Waals surface area contributed by atoms with Gasteiger partial charge >= 0.3 is 0 Å². The molecular weight excluding hydrogens is 408 g/mol. The van der Waals surface area contributed by atoms with Crippen molar-refractivity contribution >= 4 is 27.9 Å². The molecule has 3 aromatic heterocycles. The van der Waals surface area contributed by atoms with E-state index in [-0.39, 0.29) is 0 Å². The molecule has 4 N–H and O–H groups in total. The monoisotopic (exact) mass is 438 g/mol. The maximum Gasteiger partial charge on any atom is 0.180 e. The first-order valence-electron chi connectivity index (χ1n) is 11.3. The van der Waals surface area contributed by atoms with Crippen LogP contribution in [0.3, 0.4) is 0 Å². The number of hydrogen-bond donors (Lipinski definition) is 3. The minimum Gasteiger partial charge on any atom is -0.384 e. The highest BCUT2D eigenvalue weighted by Crippen LogP contribution is 2.31. The van der Waals surface area contributed by atoms with Gasteiger partial charge in [0.15, 0.2) is 5.65 Å². The molecule has 2 aromatic carbocycles. The summed E-state index contributed by atoms with van der Waals surface area (Å²) in [4.78, 5) is 18.0. The van der Waals surface area contributed by atoms with Crippen LogP contribution in [0, 0.1) is 27.7 Å². The van der Waals surface area contributed by atoms with Crippen LogP contribution in [0.5, 0.6) is 0 Å². The molecule has 3 heterocycles. The summed E-state index contributed by atoms with van der Waals surface area (Å²) in [5, 5.41) is 1.18. The SMILES string of the molecule is Cc1nc2nc(N)cc(-c3cc4cc(CN(C)Cc5cc(C)c(C)c(C)c5)ccc4[nH]3)c2[nH]1. The molecule has 0 amide bonds. The number of fused-ring (bicyclic) bond motifs is 2. The van der Waals surface area contributed by atoms with Crippen molar-refractivity contribution in [3.05, 3.63) is 76.1 Å². The maximum atomic E-state index is 6.05. The zero-order valence-electron chi connectivity index (χ0n) is 19.9. The normalized spacial score (nSPS) is 11.8. The van der Waals surface area contributed by atoms with Gasteiger partial charge in [0.25, 0.3) is 0 Å². The van der Waals surface area contributed by atoms with Crippen molar-refractivity contribution in [1.29, 1.82) is 0 Å². The maximum absolute atomic E-state index is 6.05. The van der Waals surface area contributed by atoms with E-state index < -0.39 is 0 Å². The standard InChI is InChI=1S/C27H30N6/c1-15-8-20(9-16(2)17(15)3)14-33(5)13-19-6-7-23-21(10-19)11-24(31-23)22-12-25(28)32-27-26(22)29-18(4)30-27/h6-12,31H,13-14H2,1-5H3,(H3,28,29,30,32). The molecule has 6 heteroatoms. The van der Waals surface area contributed by atoms with Gasteiger partial charge in [0.05, 0.1) is 5.52 Å². The number of nitrogens with two attached hydrogens (primary N) is 1. The number of pyridine rings is 1. The highest BCUT2D eigenvalue weighted by Gasteiger charge is 2.13. The summed E-state index contributed by atoms with van der Waals surface area (Å²) in [5.74, 6) is 1.29. The molecule has 0 spiro atoms. The Morgan fingerprint density at radius 3 is 2.33 bits per heavy atom. The largest absolute Gasteiger partial charge is 0.384 e. The molecule has 0 saturated heterocycles. The summed E-state index contributed by atoms with van der Waals surface area (Å²) in [6.45, 7) is 10.3. The van der Waals surface area contributed by atoms with Crippen LogP contribution in [-0.4, -0.2) is 31.9 Å². The number of nitrogen functional groups attached to an aromatic ring is 1. The highest BCUT2D eigenvalue weighted by molar-refractivity contribution is 5.95. The molecule has 5 rings (SSSR count). The second-order valence-corrected chi connectivity index (χ2v) is 9.25. The molecule has 5 aromatic rings. The lowest BCUT2D eigenvalue weighted by Crippen LogP contribution is -2.17. The molecule has 0 aliphatic carbocycles. The van der Waals surface area contributed by atoms with Crippen molar-refractivity contribution in [3.8, 4) is 11.3 Å². The van der Waals surface area contributed by atoms with Crippen molar-refractivity contribution in [3.63, 3.8) is 0 Å². The number of rotatable bonds is 5. The molecule has 168 valence electrons. The van der Waals surface area contributed by atoms with Gasteiger partial charge in [0, 0.05) is 35.2 Å². The second-order valence-electron chi connectivity index (χ2n) is 9.25. The predicted molar refractivity (Wildman–Crippen MR) is 136 cm³/mol. The van der Waals surface area contributed by atoms with Gasteiger partial charge in [0.2, 0.25) is 0 Å². The third kappa shape index (κ3) is 4.10. The Kier molecular flexibility index (Phi) is 5.17. The number of aromatic nitrogens is 4. The van der Waals surface area contributed by atoms with E-state index in [4.69, 9.17) is 5.73 Å². The van der Waals surface area contributed by atoms with E-state index in [2.05, 4.69) is 89.1 Å². The number of nitrogens with zero attached hydrogens (tertiary/aromatic N) is 3. The summed E-state index contributed by atoms with van der Waals surface area (Å²) in [5.41, 5.74) is 17.4. The summed E-state index contributed by atoms with van der Waals surface area (Å²) >= 11 is 0. The Hall–Kier alpha value is -3.64. The van der Waals surface area contributed by atoms with Crippen molar-refractivity contribution in [1.82, 2.24) is 24.8 Å². The van der Waals surface area contributed by atoms with E-state index in [0.29, 0.717) is 11.5 Å². The zero-order chi connectivity index (χ0) is 23.3. The van der Waals surface area contributed by atoms with Crippen molar-refractivity contribution in [2.24, 2.45) is 0 Å². The highest BCUT2D eigenvalue weighted by atomic mass is 15.1. The smallest absolute Gasteiger partial charge is 0.180 e. The van der Waals surface area contributed by atoms with Crippen LogP contribution in [0.1, 0.15) is 33.6 Å². The fourth-order valence-corrected chi connectivity index (χ4v) is 4.66. The van der Waals surface area contributed by atoms with Gasteiger partial charge in [-0.2, -0.15) is 0 Å². The molecule has 0 atom stereocenters. The number of anilines is 1. The van der Waals surface area contributed by atoms with Gasteiger partial charge in [-0.25, -0.2) is 9.97 Å². The molecule has 0 fully saturated rings. The number of hydrogen-bond acceptors (Lipinski definition) is 4. The quantitative estimate of drug-likeness (QED) is 0.336. The summed E-state index contributed by atoms with van der Waals surface area (Å²) in [6.07, 6.45) is 0. The third-order valence-corrected chi connectivity index (χ3v) is 6.47. The van der Waals surface area contributed by atoms with Gasteiger partial charge < -0.3 is 15.7 Å². The minimum absolute atomic E-state index is 0.464. The number of aryl methyl sites for hydroxylation is 3. The molecule has 0 saturated carbocycles. The molecule has 0 unspecified atom stereocenters. The molecule has 0 bridgehead atoms. The van der Waals surface area contributed by atoms with Crippen molar-refractivity contribution in [2.45, 2.75) is 40.8 Å². The second kappa shape index (κ2) is 8.05. The van der Waals surface area contributed by atoms with E-state index in [1.54, 1.807) is 0 Å². The summed E-state index contributed by atoms with van der Waals surface area (Å²) in [6, 6.07) is 15.3. The number of aromatic amines is 2. The molecule has 33 heavy (non-hydrogen) atoms. The first-order valence-corrected chi connectivity index (χ1v) is 11.3. The molecule has 0 radical (unpaired) electrons. The lowest BCUT2D eigenvalue weighted by molar-refractivity contribution is 0.319. The van der Waals surface area contributed by atoms with E-state index in [0.717, 1.165) is 41.2 Å². The van der Waals surface area contributed by atoms with Crippen LogP contribution >= 0.6 is 0 Å². The van der Waals surface area contributed by atoms with Crippen LogP contribution in [0.15, 0.2) is 42.5 Å².